The molecular weight excluding hydrogens is 190 g/mol. The van der Waals surface area contributed by atoms with Crippen LogP contribution >= 0.6 is 11.3 Å². The lowest BCUT2D eigenvalue weighted by Crippen LogP contribution is -2.39. The van der Waals surface area contributed by atoms with Crippen molar-refractivity contribution in [3.8, 4) is 0 Å². The monoisotopic (exact) mass is 209 g/mol. The fourth-order valence-electron chi connectivity index (χ4n) is 2.63. The molecule has 0 bridgehead atoms. The molecule has 0 aromatic carbocycles. The molecule has 1 aromatic rings. The SMILES string of the molecule is CC1(C)CCC(N)(Cc2cccs2)C1. The second-order valence-electron chi connectivity index (χ2n) is 5.46. The molecule has 0 amide bonds. The molecule has 2 heteroatoms. The summed E-state index contributed by atoms with van der Waals surface area (Å²) in [4.78, 5) is 1.44. The lowest BCUT2D eigenvalue weighted by atomic mass is 9.86. The molecule has 1 aliphatic carbocycles. The quantitative estimate of drug-likeness (QED) is 0.795. The normalized spacial score (nSPS) is 30.8. The Bertz CT molecular complexity index is 302. The molecule has 1 aromatic heterocycles. The first kappa shape index (κ1) is 10.2. The van der Waals surface area contributed by atoms with Crippen LogP contribution in [0.5, 0.6) is 0 Å². The minimum Gasteiger partial charge on any atom is -0.325 e. The molecule has 1 atom stereocenters. The van der Waals surface area contributed by atoms with E-state index in [1.165, 1.54) is 17.7 Å². The third kappa shape index (κ3) is 2.18. The van der Waals surface area contributed by atoms with Crippen molar-refractivity contribution in [2.75, 3.05) is 0 Å². The molecule has 0 spiro atoms. The summed E-state index contributed by atoms with van der Waals surface area (Å²) in [7, 11) is 0. The highest BCUT2D eigenvalue weighted by Crippen LogP contribution is 2.43. The summed E-state index contributed by atoms with van der Waals surface area (Å²) in [6, 6.07) is 4.31. The maximum absolute atomic E-state index is 6.43. The van der Waals surface area contributed by atoms with Gasteiger partial charge in [-0.1, -0.05) is 19.9 Å². The van der Waals surface area contributed by atoms with E-state index in [2.05, 4.69) is 31.4 Å². The molecule has 1 saturated carbocycles. The van der Waals surface area contributed by atoms with Gasteiger partial charge in [-0.3, -0.25) is 0 Å². The topological polar surface area (TPSA) is 26.0 Å². The highest BCUT2D eigenvalue weighted by molar-refractivity contribution is 7.09. The fraction of sp³-hybridized carbons (Fsp3) is 0.667. The van der Waals surface area contributed by atoms with Crippen LogP contribution in [0.3, 0.4) is 0 Å². The van der Waals surface area contributed by atoms with Crippen LogP contribution in [0.25, 0.3) is 0 Å². The standard InChI is InChI=1S/C12H19NS/c1-11(2)5-6-12(13,9-11)8-10-4-3-7-14-10/h3-4,7H,5-6,8-9,13H2,1-2H3. The Labute approximate surface area is 90.3 Å². The van der Waals surface area contributed by atoms with Crippen molar-refractivity contribution in [1.29, 1.82) is 0 Å². The smallest absolute Gasteiger partial charge is 0.0208 e. The highest BCUT2D eigenvalue weighted by atomic mass is 32.1. The maximum Gasteiger partial charge on any atom is 0.0208 e. The molecule has 1 fully saturated rings. The fourth-order valence-corrected chi connectivity index (χ4v) is 3.49. The first-order chi connectivity index (χ1) is 6.49. The third-order valence-electron chi connectivity index (χ3n) is 3.24. The number of rotatable bonds is 2. The molecular formula is C12H19NS. The van der Waals surface area contributed by atoms with Gasteiger partial charge in [-0.05, 0) is 42.5 Å². The van der Waals surface area contributed by atoms with Crippen molar-refractivity contribution in [3.63, 3.8) is 0 Å². The molecule has 2 N–H and O–H groups in total. The van der Waals surface area contributed by atoms with Gasteiger partial charge in [-0.2, -0.15) is 0 Å². The molecule has 1 unspecified atom stereocenters. The number of nitrogens with two attached hydrogens (primary N) is 1. The highest BCUT2D eigenvalue weighted by Gasteiger charge is 2.40. The van der Waals surface area contributed by atoms with Crippen LogP contribution in [-0.2, 0) is 6.42 Å². The Morgan fingerprint density at radius 2 is 2.21 bits per heavy atom. The molecule has 0 saturated heterocycles. The van der Waals surface area contributed by atoms with Crippen molar-refractivity contribution in [2.24, 2.45) is 11.1 Å². The lowest BCUT2D eigenvalue weighted by Gasteiger charge is -2.25. The number of hydrogen-bond donors (Lipinski definition) is 1. The van der Waals surface area contributed by atoms with E-state index < -0.39 is 0 Å². The Morgan fingerprint density at radius 3 is 2.71 bits per heavy atom. The second-order valence-corrected chi connectivity index (χ2v) is 6.49. The predicted molar refractivity (Wildman–Crippen MR) is 62.6 cm³/mol. The van der Waals surface area contributed by atoms with Crippen LogP contribution < -0.4 is 5.73 Å². The van der Waals surface area contributed by atoms with Gasteiger partial charge >= 0.3 is 0 Å². The summed E-state index contributed by atoms with van der Waals surface area (Å²) in [5, 5.41) is 2.14. The molecule has 1 aliphatic rings. The molecule has 0 aliphatic heterocycles. The van der Waals surface area contributed by atoms with E-state index in [0.29, 0.717) is 5.41 Å². The van der Waals surface area contributed by atoms with Gasteiger partial charge in [0.05, 0.1) is 0 Å². The van der Waals surface area contributed by atoms with Gasteiger partial charge in [0.2, 0.25) is 0 Å². The van der Waals surface area contributed by atoms with Crippen molar-refractivity contribution in [2.45, 2.75) is 45.1 Å². The van der Waals surface area contributed by atoms with Gasteiger partial charge in [0.15, 0.2) is 0 Å². The van der Waals surface area contributed by atoms with Crippen LogP contribution in [0.1, 0.15) is 38.0 Å². The van der Waals surface area contributed by atoms with Crippen molar-refractivity contribution >= 4 is 11.3 Å². The zero-order valence-corrected chi connectivity index (χ0v) is 9.86. The number of thiophene rings is 1. The molecule has 0 radical (unpaired) electrons. The Balaban J connectivity index is 2.05. The zero-order valence-electron chi connectivity index (χ0n) is 9.05. The van der Waals surface area contributed by atoms with E-state index >= 15 is 0 Å². The Kier molecular flexibility index (Phi) is 2.44. The van der Waals surface area contributed by atoms with Gasteiger partial charge in [-0.25, -0.2) is 0 Å². The van der Waals surface area contributed by atoms with Gasteiger partial charge in [0, 0.05) is 10.4 Å². The van der Waals surface area contributed by atoms with Crippen LogP contribution in [-0.4, -0.2) is 5.54 Å². The minimum absolute atomic E-state index is 0.0638. The van der Waals surface area contributed by atoms with Gasteiger partial charge < -0.3 is 5.73 Å². The van der Waals surface area contributed by atoms with Crippen LogP contribution in [0.4, 0.5) is 0 Å². The largest absolute Gasteiger partial charge is 0.325 e. The summed E-state index contributed by atoms with van der Waals surface area (Å²) in [5.41, 5.74) is 6.95. The van der Waals surface area contributed by atoms with Crippen molar-refractivity contribution < 1.29 is 0 Å². The van der Waals surface area contributed by atoms with E-state index in [1.54, 1.807) is 0 Å². The number of hydrogen-bond acceptors (Lipinski definition) is 2. The minimum atomic E-state index is 0.0638. The van der Waals surface area contributed by atoms with Gasteiger partial charge in [0.25, 0.3) is 0 Å². The lowest BCUT2D eigenvalue weighted by molar-refractivity contribution is 0.335. The Morgan fingerprint density at radius 1 is 1.43 bits per heavy atom. The molecule has 2 rings (SSSR count). The van der Waals surface area contributed by atoms with E-state index in [-0.39, 0.29) is 5.54 Å². The van der Waals surface area contributed by atoms with Crippen LogP contribution in [0.2, 0.25) is 0 Å². The summed E-state index contributed by atoms with van der Waals surface area (Å²) in [6.07, 6.45) is 4.68. The van der Waals surface area contributed by atoms with Crippen molar-refractivity contribution in [1.82, 2.24) is 0 Å². The maximum atomic E-state index is 6.43. The van der Waals surface area contributed by atoms with E-state index in [0.717, 1.165) is 12.8 Å². The third-order valence-corrected chi connectivity index (χ3v) is 4.11. The summed E-state index contributed by atoms with van der Waals surface area (Å²) >= 11 is 1.83. The van der Waals surface area contributed by atoms with E-state index in [1.807, 2.05) is 11.3 Å². The molecule has 14 heavy (non-hydrogen) atoms. The summed E-state index contributed by atoms with van der Waals surface area (Å²) in [6.45, 7) is 4.66. The molecule has 1 nitrogen and oxygen atoms in total. The van der Waals surface area contributed by atoms with Gasteiger partial charge in [-0.15, -0.1) is 11.3 Å². The molecule has 78 valence electrons. The van der Waals surface area contributed by atoms with Crippen LogP contribution in [0, 0.1) is 5.41 Å². The molecule has 1 heterocycles. The Hall–Kier alpha value is -0.340. The first-order valence-corrected chi connectivity index (χ1v) is 6.18. The first-order valence-electron chi connectivity index (χ1n) is 5.31. The van der Waals surface area contributed by atoms with E-state index in [4.69, 9.17) is 5.73 Å². The van der Waals surface area contributed by atoms with Crippen molar-refractivity contribution in [3.05, 3.63) is 22.4 Å². The average Bonchev–Trinajstić information content (AvgIpc) is 2.60. The van der Waals surface area contributed by atoms with Crippen LogP contribution in [0.15, 0.2) is 17.5 Å². The second kappa shape index (κ2) is 3.35. The summed E-state index contributed by atoms with van der Waals surface area (Å²) < 4.78 is 0. The summed E-state index contributed by atoms with van der Waals surface area (Å²) in [5.74, 6) is 0. The predicted octanol–water partition coefficient (Wildman–Crippen LogP) is 3.20. The average molecular weight is 209 g/mol. The van der Waals surface area contributed by atoms with Gasteiger partial charge in [0.1, 0.15) is 0 Å². The zero-order chi connectivity index (χ0) is 10.2. The van der Waals surface area contributed by atoms with E-state index in [9.17, 15) is 0 Å².